The van der Waals surface area contributed by atoms with E-state index in [1.807, 2.05) is 42.5 Å². The highest BCUT2D eigenvalue weighted by Gasteiger charge is 2.10. The minimum Gasteiger partial charge on any atom is -0.306 e. The highest BCUT2D eigenvalue weighted by Crippen LogP contribution is 2.31. The van der Waals surface area contributed by atoms with Crippen molar-refractivity contribution in [3.05, 3.63) is 53.6 Å². The van der Waals surface area contributed by atoms with Crippen LogP contribution in [0, 0.1) is 0 Å². The second-order valence-electron chi connectivity index (χ2n) is 4.10. The molecule has 0 spiro atoms. The first-order valence-corrected chi connectivity index (χ1v) is 6.15. The molecule has 0 aliphatic carbocycles. The first-order chi connectivity index (χ1) is 9.29. The highest BCUT2D eigenvalue weighted by atomic mass is 35.5. The molecule has 3 N–H and O–H groups in total. The topological polar surface area (TPSA) is 63.8 Å². The number of rotatable bonds is 2. The van der Waals surface area contributed by atoms with Crippen LogP contribution in [0.3, 0.4) is 0 Å². The van der Waals surface area contributed by atoms with Gasteiger partial charge < -0.3 is 5.43 Å². The third kappa shape index (κ3) is 2.12. The monoisotopic (exact) mass is 270 g/mol. The molecule has 0 saturated heterocycles. The maximum Gasteiger partial charge on any atom is 0.170 e. The first kappa shape index (κ1) is 11.9. The summed E-state index contributed by atoms with van der Waals surface area (Å²) >= 11 is 6.07. The number of benzene rings is 2. The Kier molecular flexibility index (Phi) is 3.03. The maximum atomic E-state index is 6.07. The zero-order chi connectivity index (χ0) is 13.2. The fourth-order valence-electron chi connectivity index (χ4n) is 2.04. The van der Waals surface area contributed by atoms with Gasteiger partial charge in [0.15, 0.2) is 5.82 Å². The van der Waals surface area contributed by atoms with Crippen molar-refractivity contribution in [1.82, 2.24) is 10.2 Å². The molecule has 0 radical (unpaired) electrons. The van der Waals surface area contributed by atoms with Crippen LogP contribution in [0.25, 0.3) is 22.0 Å². The second kappa shape index (κ2) is 4.84. The second-order valence-corrected chi connectivity index (χ2v) is 4.53. The van der Waals surface area contributed by atoms with Gasteiger partial charge in [0.1, 0.15) is 5.69 Å². The van der Waals surface area contributed by atoms with Crippen molar-refractivity contribution >= 4 is 28.2 Å². The molecular formula is C14H11ClN4. The lowest BCUT2D eigenvalue weighted by molar-refractivity contribution is 1.04. The van der Waals surface area contributed by atoms with Gasteiger partial charge in [-0.2, -0.15) is 0 Å². The number of nitrogens with zero attached hydrogens (tertiary/aromatic N) is 2. The Hall–Kier alpha value is -2.17. The third-order valence-electron chi connectivity index (χ3n) is 2.93. The summed E-state index contributed by atoms with van der Waals surface area (Å²) in [6, 6.07) is 15.4. The number of nitrogens with two attached hydrogens (primary N) is 1. The lowest BCUT2D eigenvalue weighted by Gasteiger charge is -2.09. The third-order valence-corrected chi connectivity index (χ3v) is 3.16. The average molecular weight is 271 g/mol. The minimum atomic E-state index is 0.534. The van der Waals surface area contributed by atoms with Crippen LogP contribution >= 0.6 is 11.6 Å². The lowest BCUT2D eigenvalue weighted by atomic mass is 10.0. The number of halogens is 1. The number of anilines is 1. The molecule has 0 amide bonds. The summed E-state index contributed by atoms with van der Waals surface area (Å²) < 4.78 is 0. The van der Waals surface area contributed by atoms with E-state index in [9.17, 15) is 0 Å². The molecule has 0 aliphatic rings. The van der Waals surface area contributed by atoms with Gasteiger partial charge in [0.05, 0.1) is 0 Å². The summed E-state index contributed by atoms with van der Waals surface area (Å²) in [4.78, 5) is 0. The summed E-state index contributed by atoms with van der Waals surface area (Å²) in [6.45, 7) is 0. The fourth-order valence-corrected chi connectivity index (χ4v) is 2.21. The van der Waals surface area contributed by atoms with E-state index < -0.39 is 0 Å². The van der Waals surface area contributed by atoms with Gasteiger partial charge in [-0.15, -0.1) is 10.2 Å². The van der Waals surface area contributed by atoms with Crippen LogP contribution in [0.2, 0.25) is 5.02 Å². The molecule has 3 rings (SSSR count). The molecule has 3 aromatic rings. The van der Waals surface area contributed by atoms with Crippen LogP contribution in [0.15, 0.2) is 48.5 Å². The number of aromatic nitrogens is 2. The summed E-state index contributed by atoms with van der Waals surface area (Å²) in [5.41, 5.74) is 4.33. The minimum absolute atomic E-state index is 0.534. The van der Waals surface area contributed by atoms with Crippen LogP contribution in [0.4, 0.5) is 5.82 Å². The summed E-state index contributed by atoms with van der Waals surface area (Å²) in [5, 5.41) is 10.8. The highest BCUT2D eigenvalue weighted by molar-refractivity contribution is 6.31. The predicted molar refractivity (Wildman–Crippen MR) is 77.8 cm³/mol. The van der Waals surface area contributed by atoms with Crippen LogP contribution in [-0.2, 0) is 0 Å². The summed E-state index contributed by atoms with van der Waals surface area (Å²) in [7, 11) is 0. The van der Waals surface area contributed by atoms with Gasteiger partial charge in [-0.05, 0) is 18.2 Å². The van der Waals surface area contributed by atoms with Crippen molar-refractivity contribution in [2.75, 3.05) is 5.43 Å². The molecule has 1 aromatic heterocycles. The van der Waals surface area contributed by atoms with E-state index in [1.165, 1.54) is 0 Å². The number of nitrogen functional groups attached to an aromatic ring is 1. The van der Waals surface area contributed by atoms with E-state index in [0.717, 1.165) is 22.0 Å². The molecule has 0 unspecified atom stereocenters. The Bertz CT molecular complexity index is 728. The van der Waals surface area contributed by atoms with Gasteiger partial charge >= 0.3 is 0 Å². The number of hydrogen-bond donors (Lipinski definition) is 2. The molecule has 4 nitrogen and oxygen atoms in total. The van der Waals surface area contributed by atoms with Crippen molar-refractivity contribution in [1.29, 1.82) is 0 Å². The van der Waals surface area contributed by atoms with E-state index in [0.29, 0.717) is 10.8 Å². The SMILES string of the molecule is NNc1nnc(-c2ccccc2)c2cc(Cl)ccc12. The van der Waals surface area contributed by atoms with Crippen LogP contribution < -0.4 is 11.3 Å². The van der Waals surface area contributed by atoms with Crippen molar-refractivity contribution < 1.29 is 0 Å². The molecule has 0 aliphatic heterocycles. The molecule has 0 bridgehead atoms. The van der Waals surface area contributed by atoms with Crippen molar-refractivity contribution in [2.24, 2.45) is 5.84 Å². The molecule has 5 heteroatoms. The van der Waals surface area contributed by atoms with E-state index in [-0.39, 0.29) is 0 Å². The largest absolute Gasteiger partial charge is 0.306 e. The predicted octanol–water partition coefficient (Wildman–Crippen LogP) is 3.24. The summed E-state index contributed by atoms with van der Waals surface area (Å²) in [6.07, 6.45) is 0. The average Bonchev–Trinajstić information content (AvgIpc) is 2.46. The van der Waals surface area contributed by atoms with Gasteiger partial charge in [0.2, 0.25) is 0 Å². The van der Waals surface area contributed by atoms with Crippen LogP contribution in [0.1, 0.15) is 0 Å². The van der Waals surface area contributed by atoms with Crippen molar-refractivity contribution in [3.8, 4) is 11.3 Å². The zero-order valence-electron chi connectivity index (χ0n) is 9.97. The van der Waals surface area contributed by atoms with E-state index >= 15 is 0 Å². The Morgan fingerprint density at radius 3 is 2.47 bits per heavy atom. The van der Waals surface area contributed by atoms with Gasteiger partial charge in [0.25, 0.3) is 0 Å². The molecule has 19 heavy (non-hydrogen) atoms. The Morgan fingerprint density at radius 2 is 1.74 bits per heavy atom. The number of hydrogen-bond acceptors (Lipinski definition) is 4. The lowest BCUT2D eigenvalue weighted by Crippen LogP contribution is -2.10. The maximum absolute atomic E-state index is 6.07. The number of nitrogens with one attached hydrogen (secondary N) is 1. The molecule has 0 saturated carbocycles. The van der Waals surface area contributed by atoms with Crippen molar-refractivity contribution in [3.63, 3.8) is 0 Å². The molecule has 0 atom stereocenters. The summed E-state index contributed by atoms with van der Waals surface area (Å²) in [5.74, 6) is 5.99. The standard InChI is InChI=1S/C14H11ClN4/c15-10-6-7-11-12(8-10)13(18-19-14(11)17-16)9-4-2-1-3-5-9/h1-8H,16H2,(H,17,19). The van der Waals surface area contributed by atoms with E-state index in [4.69, 9.17) is 17.4 Å². The smallest absolute Gasteiger partial charge is 0.170 e. The van der Waals surface area contributed by atoms with Crippen LogP contribution in [-0.4, -0.2) is 10.2 Å². The van der Waals surface area contributed by atoms with Gasteiger partial charge in [-0.1, -0.05) is 41.9 Å². The normalized spacial score (nSPS) is 10.6. The molecule has 94 valence electrons. The molecular weight excluding hydrogens is 260 g/mol. The zero-order valence-corrected chi connectivity index (χ0v) is 10.7. The van der Waals surface area contributed by atoms with Crippen LogP contribution in [0.5, 0.6) is 0 Å². The Balaban J connectivity index is 2.35. The number of hydrazine groups is 1. The van der Waals surface area contributed by atoms with E-state index in [1.54, 1.807) is 6.07 Å². The van der Waals surface area contributed by atoms with Gasteiger partial charge in [0, 0.05) is 21.4 Å². The van der Waals surface area contributed by atoms with Gasteiger partial charge in [-0.3, -0.25) is 0 Å². The number of fused-ring (bicyclic) bond motifs is 1. The first-order valence-electron chi connectivity index (χ1n) is 5.77. The van der Waals surface area contributed by atoms with E-state index in [2.05, 4.69) is 15.6 Å². The molecule has 2 aromatic carbocycles. The Morgan fingerprint density at radius 1 is 0.947 bits per heavy atom. The quantitative estimate of drug-likeness (QED) is 0.554. The Labute approximate surface area is 115 Å². The molecule has 1 heterocycles. The van der Waals surface area contributed by atoms with Gasteiger partial charge in [-0.25, -0.2) is 5.84 Å². The molecule has 0 fully saturated rings. The van der Waals surface area contributed by atoms with Crippen molar-refractivity contribution in [2.45, 2.75) is 0 Å². The fraction of sp³-hybridized carbons (Fsp3) is 0.